The van der Waals surface area contributed by atoms with Crippen molar-refractivity contribution in [2.75, 3.05) is 6.54 Å². The molecule has 162 valence electrons. The van der Waals surface area contributed by atoms with Crippen molar-refractivity contribution in [3.8, 4) is 5.75 Å². The molecule has 12 heteroatoms. The van der Waals surface area contributed by atoms with Crippen LogP contribution in [0.2, 0.25) is 0 Å². The number of nitrogens with one attached hydrogen (secondary N) is 1. The molecule has 0 spiro atoms. The predicted octanol–water partition coefficient (Wildman–Crippen LogP) is 3.36. The highest BCUT2D eigenvalue weighted by Crippen LogP contribution is 2.27. The zero-order valence-corrected chi connectivity index (χ0v) is 15.6. The van der Waals surface area contributed by atoms with Crippen LogP contribution in [-0.4, -0.2) is 27.2 Å². The molecular weight excluding hydrogens is 424 g/mol. The van der Waals surface area contributed by atoms with E-state index in [0.29, 0.717) is 5.56 Å². The Morgan fingerprint density at radius 2 is 1.77 bits per heavy atom. The quantitative estimate of drug-likeness (QED) is 0.252. The van der Waals surface area contributed by atoms with Crippen molar-refractivity contribution in [2.45, 2.75) is 13.2 Å². The van der Waals surface area contributed by atoms with Crippen LogP contribution in [0.5, 0.6) is 5.75 Å². The molecule has 0 aliphatic carbocycles. The number of ether oxygens (including phenoxy) is 1. The maximum absolute atomic E-state index is 13.6. The Bertz CT molecular complexity index is 1090. The monoisotopic (exact) mass is 438 g/mol. The second kappa shape index (κ2) is 9.24. The topological polar surface area (TPSA) is 99.3 Å². The lowest BCUT2D eigenvalue weighted by Gasteiger charge is -2.10. The molecule has 3 rings (SSSR count). The summed E-state index contributed by atoms with van der Waals surface area (Å²) in [7, 11) is 0. The van der Waals surface area contributed by atoms with Gasteiger partial charge in [0.2, 0.25) is 11.6 Å². The zero-order valence-electron chi connectivity index (χ0n) is 15.6. The third-order valence-corrected chi connectivity index (χ3v) is 4.13. The minimum Gasteiger partial charge on any atom is -0.483 e. The van der Waals surface area contributed by atoms with Crippen LogP contribution >= 0.6 is 0 Å². The van der Waals surface area contributed by atoms with Gasteiger partial charge in [-0.05, 0) is 17.7 Å². The summed E-state index contributed by atoms with van der Waals surface area (Å²) in [6.07, 6.45) is 2.33. The number of aromatic nitrogens is 2. The number of carbonyl (C=O) groups excluding carboxylic acids is 1. The fraction of sp³-hybridized carbons (Fsp3) is 0.158. The molecule has 2 aromatic carbocycles. The van der Waals surface area contributed by atoms with E-state index in [2.05, 4.69) is 10.4 Å². The lowest BCUT2D eigenvalue weighted by Crippen LogP contribution is -2.27. The van der Waals surface area contributed by atoms with Crippen LogP contribution in [0, 0.1) is 33.4 Å². The fourth-order valence-electron chi connectivity index (χ4n) is 2.54. The zero-order chi connectivity index (χ0) is 22.5. The summed E-state index contributed by atoms with van der Waals surface area (Å²) in [4.78, 5) is 22.2. The van der Waals surface area contributed by atoms with Gasteiger partial charge in [-0.1, -0.05) is 12.1 Å². The van der Waals surface area contributed by atoms with Gasteiger partial charge in [0.05, 0.1) is 11.5 Å². The molecule has 1 N–H and O–H groups in total. The second-order valence-corrected chi connectivity index (χ2v) is 6.26. The lowest BCUT2D eigenvalue weighted by molar-refractivity contribution is -0.385. The van der Waals surface area contributed by atoms with E-state index in [4.69, 9.17) is 4.74 Å². The fourth-order valence-corrected chi connectivity index (χ4v) is 2.54. The van der Waals surface area contributed by atoms with Gasteiger partial charge >= 0.3 is 5.69 Å². The minimum atomic E-state index is -1.64. The summed E-state index contributed by atoms with van der Waals surface area (Å²) in [6.45, 7) is -0.0181. The van der Waals surface area contributed by atoms with Crippen LogP contribution in [0.3, 0.4) is 0 Å². The molecule has 0 aliphatic heterocycles. The molecule has 8 nitrogen and oxygen atoms in total. The van der Waals surface area contributed by atoms with E-state index < -0.39 is 46.5 Å². The number of hydrogen-bond donors (Lipinski definition) is 1. The Morgan fingerprint density at radius 3 is 2.35 bits per heavy atom. The van der Waals surface area contributed by atoms with Crippen molar-refractivity contribution in [3.05, 3.63) is 87.2 Å². The summed E-state index contributed by atoms with van der Waals surface area (Å²) in [5.74, 6) is -8.04. The van der Waals surface area contributed by atoms with Crippen LogP contribution < -0.4 is 10.1 Å². The first-order chi connectivity index (χ1) is 14.8. The summed E-state index contributed by atoms with van der Waals surface area (Å²) in [5.41, 5.74) is 0.498. The van der Waals surface area contributed by atoms with Gasteiger partial charge in [0.25, 0.3) is 5.91 Å². The SMILES string of the molecule is O=C(NCCn1cc([N+](=O)[O-])cn1)c1ccc(COc2c(F)c(F)cc(F)c2F)cc1. The molecule has 0 unspecified atom stereocenters. The van der Waals surface area contributed by atoms with Crippen molar-refractivity contribution in [2.24, 2.45) is 0 Å². The summed E-state index contributed by atoms with van der Waals surface area (Å²) < 4.78 is 59.8. The van der Waals surface area contributed by atoms with Gasteiger partial charge in [-0.3, -0.25) is 19.6 Å². The van der Waals surface area contributed by atoms with Gasteiger partial charge in [0.15, 0.2) is 17.4 Å². The smallest absolute Gasteiger partial charge is 0.306 e. The van der Waals surface area contributed by atoms with Gasteiger partial charge < -0.3 is 10.1 Å². The van der Waals surface area contributed by atoms with Gasteiger partial charge in [0.1, 0.15) is 19.0 Å². The number of benzene rings is 2. The number of amides is 1. The molecule has 0 bridgehead atoms. The Balaban J connectivity index is 1.54. The van der Waals surface area contributed by atoms with E-state index in [9.17, 15) is 32.5 Å². The van der Waals surface area contributed by atoms with E-state index in [1.54, 1.807) is 0 Å². The van der Waals surface area contributed by atoms with E-state index >= 15 is 0 Å². The van der Waals surface area contributed by atoms with E-state index in [0.717, 1.165) is 6.20 Å². The molecule has 3 aromatic rings. The molecule has 1 aromatic heterocycles. The minimum absolute atomic E-state index is 0.0819. The van der Waals surface area contributed by atoms with Gasteiger partial charge in [0, 0.05) is 18.2 Å². The predicted molar refractivity (Wildman–Crippen MR) is 98.3 cm³/mol. The van der Waals surface area contributed by atoms with Crippen molar-refractivity contribution < 1.29 is 32.0 Å². The summed E-state index contributed by atoms with van der Waals surface area (Å²) in [6, 6.07) is 5.81. The number of rotatable bonds is 8. The Kier molecular flexibility index (Phi) is 6.48. The Hall–Kier alpha value is -3.96. The van der Waals surface area contributed by atoms with Crippen LogP contribution in [0.4, 0.5) is 23.2 Å². The average Bonchev–Trinajstić information content (AvgIpc) is 3.22. The molecule has 0 saturated carbocycles. The highest BCUT2D eigenvalue weighted by atomic mass is 19.2. The first kappa shape index (κ1) is 21.7. The molecule has 1 amide bonds. The van der Waals surface area contributed by atoms with Gasteiger partial charge in [-0.25, -0.2) is 8.78 Å². The molecule has 0 atom stereocenters. The summed E-state index contributed by atoms with van der Waals surface area (Å²) >= 11 is 0. The lowest BCUT2D eigenvalue weighted by atomic mass is 10.1. The van der Waals surface area contributed by atoms with Crippen LogP contribution in [0.15, 0.2) is 42.7 Å². The Labute approximate surface area is 172 Å². The van der Waals surface area contributed by atoms with Crippen LogP contribution in [-0.2, 0) is 13.2 Å². The van der Waals surface area contributed by atoms with Crippen LogP contribution in [0.25, 0.3) is 0 Å². The number of carbonyl (C=O) groups is 1. The molecule has 31 heavy (non-hydrogen) atoms. The third kappa shape index (κ3) is 5.15. The van der Waals surface area contributed by atoms with E-state index in [-0.39, 0.29) is 30.4 Å². The maximum Gasteiger partial charge on any atom is 0.306 e. The molecule has 0 saturated heterocycles. The standard InChI is InChI=1S/C19H14F4N4O4/c20-14-7-15(21)17(23)18(16(14)22)31-10-11-1-3-12(4-2-11)19(28)24-5-6-26-9-13(8-25-26)27(29)30/h1-4,7-9H,5-6,10H2,(H,24,28). The van der Waals surface area contributed by atoms with Crippen molar-refractivity contribution >= 4 is 11.6 Å². The molecule has 0 fully saturated rings. The largest absolute Gasteiger partial charge is 0.483 e. The van der Waals surface area contributed by atoms with Gasteiger partial charge in [-0.2, -0.15) is 13.9 Å². The molecule has 0 radical (unpaired) electrons. The first-order valence-corrected chi connectivity index (χ1v) is 8.76. The highest BCUT2D eigenvalue weighted by Gasteiger charge is 2.20. The summed E-state index contributed by atoms with van der Waals surface area (Å²) in [5, 5.41) is 17.0. The molecular formula is C19H14F4N4O4. The third-order valence-electron chi connectivity index (χ3n) is 4.13. The number of nitrogens with zero attached hydrogens (tertiary/aromatic N) is 3. The van der Waals surface area contributed by atoms with E-state index in [1.165, 1.54) is 35.1 Å². The van der Waals surface area contributed by atoms with Gasteiger partial charge in [-0.15, -0.1) is 0 Å². The number of nitro groups is 1. The second-order valence-electron chi connectivity index (χ2n) is 6.26. The van der Waals surface area contributed by atoms with Crippen LogP contribution in [0.1, 0.15) is 15.9 Å². The van der Waals surface area contributed by atoms with Crippen molar-refractivity contribution in [3.63, 3.8) is 0 Å². The Morgan fingerprint density at radius 1 is 1.13 bits per heavy atom. The normalized spacial score (nSPS) is 10.7. The van der Waals surface area contributed by atoms with Crippen molar-refractivity contribution in [1.82, 2.24) is 15.1 Å². The number of hydrogen-bond acceptors (Lipinski definition) is 5. The van der Waals surface area contributed by atoms with Crippen molar-refractivity contribution in [1.29, 1.82) is 0 Å². The first-order valence-electron chi connectivity index (χ1n) is 8.76. The number of halogens is 4. The average molecular weight is 438 g/mol. The maximum atomic E-state index is 13.6. The molecule has 0 aliphatic rings. The van der Waals surface area contributed by atoms with E-state index in [1.807, 2.05) is 0 Å². The molecule has 1 heterocycles. The highest BCUT2D eigenvalue weighted by molar-refractivity contribution is 5.94.